The summed E-state index contributed by atoms with van der Waals surface area (Å²) in [5, 5.41) is 22.8. The Morgan fingerprint density at radius 3 is 2.21 bits per heavy atom. The van der Waals surface area contributed by atoms with Crippen LogP contribution in [0, 0.1) is 12.7 Å². The highest BCUT2D eigenvalue weighted by atomic mass is 32.2. The van der Waals surface area contributed by atoms with Gasteiger partial charge in [0.1, 0.15) is 29.6 Å². The fraction of sp³-hybridized carbons (Fsp3) is 0.250. The Labute approximate surface area is 270 Å². The number of rotatable bonds is 11. The van der Waals surface area contributed by atoms with Gasteiger partial charge in [0.25, 0.3) is 0 Å². The van der Waals surface area contributed by atoms with Gasteiger partial charge in [-0.15, -0.1) is 8.78 Å². The zero-order chi connectivity index (χ0) is 35.2. The zero-order valence-electron chi connectivity index (χ0n) is 25.8. The van der Waals surface area contributed by atoms with E-state index in [2.05, 4.69) is 19.6 Å². The monoisotopic (exact) mass is 693 g/mol. The van der Waals surface area contributed by atoms with Gasteiger partial charge in [-0.05, 0) is 59.7 Å². The molecular weight excluding hydrogens is 665 g/mol. The molecule has 2 heterocycles. The van der Waals surface area contributed by atoms with Crippen molar-refractivity contribution in [1.29, 1.82) is 0 Å². The summed E-state index contributed by atoms with van der Waals surface area (Å²) in [4.78, 5) is 4.03. The fourth-order valence-corrected chi connectivity index (χ4v) is 5.99. The maximum atomic E-state index is 15.1. The molecule has 0 saturated heterocycles. The summed E-state index contributed by atoms with van der Waals surface area (Å²) in [5.74, 6) is -4.61. The van der Waals surface area contributed by atoms with Gasteiger partial charge in [0.15, 0.2) is 21.5 Å². The van der Waals surface area contributed by atoms with Crippen molar-refractivity contribution in [2.24, 2.45) is 7.05 Å². The number of ether oxygens (including phenoxy) is 2. The van der Waals surface area contributed by atoms with E-state index in [9.17, 15) is 36.2 Å². The SMILES string of the molecule is COC(F)(F)Oc1ccc(-c2nc(C)oc2-c2cc(-c3cc(F)c(CO)c(S(C)(=O)=O)c3)ccc2-c2cc(C(F)(F)CO)nn2C)cc1. The predicted octanol–water partition coefficient (Wildman–Crippen LogP) is 6.08. The van der Waals surface area contributed by atoms with Crippen molar-refractivity contribution in [2.45, 2.75) is 30.6 Å². The Morgan fingerprint density at radius 1 is 0.938 bits per heavy atom. The standard InChI is InChI=1S/C32H28F5N3O7S/c1-17-38-29(18-5-8-21(9-6-18)47-32(36,37)45-3)30(46-17)23-11-19(20-12-25(33)24(15-41)27(13-20)48(4,43)44)7-10-22(23)26-14-28(39-40(26)2)31(34,35)16-42/h5-14,41-42H,15-16H2,1-4H3. The summed E-state index contributed by atoms with van der Waals surface area (Å²) >= 11 is 0. The number of aliphatic hydroxyl groups excluding tert-OH is 2. The van der Waals surface area contributed by atoms with E-state index in [1.165, 1.54) is 60.3 Å². The van der Waals surface area contributed by atoms with Crippen molar-refractivity contribution >= 4 is 9.84 Å². The number of alkyl halides is 4. The van der Waals surface area contributed by atoms with Crippen molar-refractivity contribution in [1.82, 2.24) is 14.8 Å². The molecule has 2 aromatic heterocycles. The van der Waals surface area contributed by atoms with Crippen LogP contribution in [0.3, 0.4) is 0 Å². The second kappa shape index (κ2) is 12.8. The van der Waals surface area contributed by atoms with Crippen molar-refractivity contribution in [3.05, 3.63) is 83.6 Å². The minimum absolute atomic E-state index is 0.0905. The molecule has 0 atom stereocenters. The molecule has 0 amide bonds. The van der Waals surface area contributed by atoms with E-state index < -0.39 is 57.2 Å². The van der Waals surface area contributed by atoms with Crippen LogP contribution in [-0.2, 0) is 34.2 Å². The number of oxazole rings is 1. The van der Waals surface area contributed by atoms with Crippen LogP contribution in [0.25, 0.3) is 45.0 Å². The number of aliphatic hydroxyl groups is 2. The molecule has 0 bridgehead atoms. The minimum Gasteiger partial charge on any atom is -0.440 e. The first-order valence-electron chi connectivity index (χ1n) is 14.0. The molecule has 5 rings (SSSR count). The molecule has 5 aromatic rings. The van der Waals surface area contributed by atoms with Gasteiger partial charge in [-0.1, -0.05) is 12.1 Å². The van der Waals surface area contributed by atoms with Gasteiger partial charge in [0.05, 0.1) is 17.2 Å². The third kappa shape index (κ3) is 6.82. The van der Waals surface area contributed by atoms with E-state index in [1.54, 1.807) is 6.92 Å². The lowest BCUT2D eigenvalue weighted by atomic mass is 9.93. The lowest BCUT2D eigenvalue weighted by Gasteiger charge is -2.15. The second-order valence-corrected chi connectivity index (χ2v) is 12.7. The first kappa shape index (κ1) is 34.7. The summed E-state index contributed by atoms with van der Waals surface area (Å²) in [6, 6.07) is 13.2. The van der Waals surface area contributed by atoms with Gasteiger partial charge in [-0.25, -0.2) is 17.8 Å². The second-order valence-electron chi connectivity index (χ2n) is 10.7. The average Bonchev–Trinajstić information content (AvgIpc) is 3.63. The van der Waals surface area contributed by atoms with E-state index >= 15 is 4.39 Å². The molecule has 0 aliphatic rings. The molecule has 0 unspecified atom stereocenters. The molecule has 0 aliphatic carbocycles. The molecule has 0 spiro atoms. The van der Waals surface area contributed by atoms with Crippen LogP contribution in [0.2, 0.25) is 0 Å². The highest BCUT2D eigenvalue weighted by Gasteiger charge is 2.35. The highest BCUT2D eigenvalue weighted by molar-refractivity contribution is 7.90. The van der Waals surface area contributed by atoms with Gasteiger partial charge >= 0.3 is 12.2 Å². The van der Waals surface area contributed by atoms with Crippen LogP contribution in [0.5, 0.6) is 5.75 Å². The number of nitrogens with zero attached hydrogens (tertiary/aromatic N) is 3. The number of hydrogen-bond donors (Lipinski definition) is 2. The predicted molar refractivity (Wildman–Crippen MR) is 162 cm³/mol. The molecule has 0 saturated carbocycles. The summed E-state index contributed by atoms with van der Waals surface area (Å²) < 4.78 is 112. The van der Waals surface area contributed by atoms with Crippen LogP contribution >= 0.6 is 0 Å². The number of hydrogen-bond acceptors (Lipinski definition) is 9. The van der Waals surface area contributed by atoms with E-state index in [0.717, 1.165) is 25.5 Å². The normalized spacial score (nSPS) is 12.5. The maximum Gasteiger partial charge on any atom is 0.535 e. The summed E-state index contributed by atoms with van der Waals surface area (Å²) in [6.07, 6.45) is -3.01. The van der Waals surface area contributed by atoms with Gasteiger partial charge < -0.3 is 19.4 Å². The number of sulfone groups is 1. The fourth-order valence-electron chi connectivity index (χ4n) is 5.04. The van der Waals surface area contributed by atoms with Gasteiger partial charge in [0, 0.05) is 49.6 Å². The summed E-state index contributed by atoms with van der Waals surface area (Å²) in [7, 11) is -1.80. The number of aromatic nitrogens is 3. The molecule has 254 valence electrons. The van der Waals surface area contributed by atoms with E-state index in [-0.39, 0.29) is 51.0 Å². The number of benzene rings is 3. The molecule has 2 N–H and O–H groups in total. The highest BCUT2D eigenvalue weighted by Crippen LogP contribution is 2.42. The quantitative estimate of drug-likeness (QED) is 0.125. The van der Waals surface area contributed by atoms with Crippen LogP contribution in [0.15, 0.2) is 70.0 Å². The molecule has 0 radical (unpaired) electrons. The Hall–Kier alpha value is -4.64. The van der Waals surface area contributed by atoms with Crippen molar-refractivity contribution in [3.8, 4) is 50.7 Å². The van der Waals surface area contributed by atoms with Gasteiger partial charge in [0.2, 0.25) is 0 Å². The molecule has 48 heavy (non-hydrogen) atoms. The van der Waals surface area contributed by atoms with E-state index in [0.29, 0.717) is 5.56 Å². The Balaban J connectivity index is 1.74. The first-order chi connectivity index (χ1) is 22.5. The Kier molecular flexibility index (Phi) is 9.22. The largest absolute Gasteiger partial charge is 0.535 e. The van der Waals surface area contributed by atoms with E-state index in [1.807, 2.05) is 0 Å². The first-order valence-corrected chi connectivity index (χ1v) is 15.9. The maximum absolute atomic E-state index is 15.1. The van der Waals surface area contributed by atoms with Crippen LogP contribution in [-0.4, -0.2) is 59.7 Å². The molecule has 0 fully saturated rings. The minimum atomic E-state index is -3.98. The number of methoxy groups -OCH3 is 1. The van der Waals surface area contributed by atoms with Crippen molar-refractivity contribution in [2.75, 3.05) is 20.0 Å². The lowest BCUT2D eigenvalue weighted by Crippen LogP contribution is -2.26. The summed E-state index contributed by atoms with van der Waals surface area (Å²) in [5.41, 5.74) is 0.501. The zero-order valence-corrected chi connectivity index (χ0v) is 26.6. The molecule has 0 aliphatic heterocycles. The molecule has 3 aromatic carbocycles. The number of aryl methyl sites for hydroxylation is 2. The van der Waals surface area contributed by atoms with Crippen LogP contribution in [0.4, 0.5) is 22.0 Å². The van der Waals surface area contributed by atoms with Crippen LogP contribution in [0.1, 0.15) is 17.1 Å². The van der Waals surface area contributed by atoms with Gasteiger partial charge in [-0.2, -0.15) is 13.9 Å². The topological polar surface area (TPSA) is 137 Å². The smallest absolute Gasteiger partial charge is 0.440 e. The third-order valence-corrected chi connectivity index (χ3v) is 8.54. The molecule has 16 heteroatoms. The average molecular weight is 694 g/mol. The van der Waals surface area contributed by atoms with Crippen molar-refractivity contribution < 1.29 is 54.5 Å². The number of halogens is 5. The third-order valence-electron chi connectivity index (χ3n) is 7.37. The molecular formula is C32H28F5N3O7S. The Bertz CT molecular complexity index is 2100. The van der Waals surface area contributed by atoms with E-state index in [4.69, 9.17) is 4.42 Å². The van der Waals surface area contributed by atoms with Crippen molar-refractivity contribution in [3.63, 3.8) is 0 Å². The van der Waals surface area contributed by atoms with Gasteiger partial charge in [-0.3, -0.25) is 9.42 Å². The summed E-state index contributed by atoms with van der Waals surface area (Å²) in [6.45, 7) is -0.819. The Morgan fingerprint density at radius 2 is 1.60 bits per heavy atom. The van der Waals surface area contributed by atoms with Crippen LogP contribution < -0.4 is 4.74 Å². The molecule has 10 nitrogen and oxygen atoms in total. The lowest BCUT2D eigenvalue weighted by molar-refractivity contribution is -0.342.